The Kier molecular flexibility index (Phi) is 9.06. The normalized spacial score (nSPS) is 15.0. The van der Waals surface area contributed by atoms with Gasteiger partial charge in [-0.25, -0.2) is 0 Å². The largest absolute Gasteiger partial charge is 0.459 e. The Balaban J connectivity index is 1.83. The van der Waals surface area contributed by atoms with Crippen LogP contribution in [-0.4, -0.2) is 55.5 Å². The molecule has 1 aliphatic rings. The minimum absolute atomic E-state index is 0.107. The summed E-state index contributed by atoms with van der Waals surface area (Å²) in [5, 5.41) is 5.75. The van der Waals surface area contributed by atoms with Crippen LogP contribution in [0.25, 0.3) is 0 Å². The highest BCUT2D eigenvalue weighted by Crippen LogP contribution is 2.26. The van der Waals surface area contributed by atoms with Crippen molar-refractivity contribution in [1.82, 2.24) is 15.5 Å². The SMILES string of the molecule is COCCN(C(=O)CNC(=O)c1ccco1)[C@H](C(=O)NC1CCCCC1)c1ccccc1C. The number of aryl methyl sites for hydroxylation is 1. The molecule has 3 amide bonds. The molecule has 0 saturated heterocycles. The summed E-state index contributed by atoms with van der Waals surface area (Å²) < 4.78 is 10.3. The molecule has 1 aromatic carbocycles. The van der Waals surface area contributed by atoms with Crippen molar-refractivity contribution in [2.45, 2.75) is 51.1 Å². The second-order valence-electron chi connectivity index (χ2n) is 8.34. The smallest absolute Gasteiger partial charge is 0.287 e. The molecule has 1 fully saturated rings. The van der Waals surface area contributed by atoms with Crippen molar-refractivity contribution in [3.63, 3.8) is 0 Å². The second-order valence-corrected chi connectivity index (χ2v) is 8.34. The van der Waals surface area contributed by atoms with Gasteiger partial charge in [0.25, 0.3) is 5.91 Å². The van der Waals surface area contributed by atoms with Crippen LogP contribution in [0.1, 0.15) is 59.8 Å². The Labute approximate surface area is 194 Å². The van der Waals surface area contributed by atoms with Gasteiger partial charge < -0.3 is 24.7 Å². The van der Waals surface area contributed by atoms with Crippen LogP contribution in [0.3, 0.4) is 0 Å². The van der Waals surface area contributed by atoms with Gasteiger partial charge in [-0.15, -0.1) is 0 Å². The molecule has 1 atom stereocenters. The zero-order valence-electron chi connectivity index (χ0n) is 19.3. The average molecular weight is 456 g/mol. The number of nitrogens with one attached hydrogen (secondary N) is 2. The van der Waals surface area contributed by atoms with E-state index >= 15 is 0 Å². The summed E-state index contributed by atoms with van der Waals surface area (Å²) in [4.78, 5) is 40.6. The Bertz CT molecular complexity index is 922. The molecule has 3 rings (SSSR count). The lowest BCUT2D eigenvalue weighted by Crippen LogP contribution is -2.50. The molecule has 1 saturated carbocycles. The first kappa shape index (κ1) is 24.5. The van der Waals surface area contributed by atoms with Gasteiger partial charge >= 0.3 is 0 Å². The van der Waals surface area contributed by atoms with Gasteiger partial charge in [-0.2, -0.15) is 0 Å². The number of hydrogen-bond acceptors (Lipinski definition) is 5. The number of carbonyl (C=O) groups excluding carboxylic acids is 3. The maximum Gasteiger partial charge on any atom is 0.287 e. The average Bonchev–Trinajstić information content (AvgIpc) is 3.36. The molecule has 0 bridgehead atoms. The summed E-state index contributed by atoms with van der Waals surface area (Å²) in [6.07, 6.45) is 6.64. The lowest BCUT2D eigenvalue weighted by Gasteiger charge is -2.34. The van der Waals surface area contributed by atoms with Crippen LogP contribution < -0.4 is 10.6 Å². The van der Waals surface area contributed by atoms with Crippen LogP contribution in [0.5, 0.6) is 0 Å². The number of nitrogens with zero attached hydrogens (tertiary/aromatic N) is 1. The van der Waals surface area contributed by atoms with Crippen molar-refractivity contribution in [2.24, 2.45) is 0 Å². The first-order chi connectivity index (χ1) is 16.0. The summed E-state index contributed by atoms with van der Waals surface area (Å²) in [5.41, 5.74) is 1.67. The number of furan rings is 1. The molecule has 2 aromatic rings. The molecular weight excluding hydrogens is 422 g/mol. The number of hydrogen-bond donors (Lipinski definition) is 2. The lowest BCUT2D eigenvalue weighted by atomic mass is 9.94. The first-order valence-electron chi connectivity index (χ1n) is 11.5. The molecule has 0 unspecified atom stereocenters. The van der Waals surface area contributed by atoms with E-state index in [-0.39, 0.29) is 43.3 Å². The van der Waals surface area contributed by atoms with Crippen LogP contribution in [0.15, 0.2) is 47.1 Å². The maximum atomic E-state index is 13.5. The Hall–Kier alpha value is -3.13. The highest BCUT2D eigenvalue weighted by atomic mass is 16.5. The van der Waals surface area contributed by atoms with E-state index in [4.69, 9.17) is 9.15 Å². The quantitative estimate of drug-likeness (QED) is 0.574. The molecule has 1 aliphatic carbocycles. The Morgan fingerprint density at radius 3 is 2.55 bits per heavy atom. The summed E-state index contributed by atoms with van der Waals surface area (Å²) in [6, 6.07) is 9.97. The Morgan fingerprint density at radius 1 is 1.12 bits per heavy atom. The third kappa shape index (κ3) is 6.68. The van der Waals surface area contributed by atoms with Crippen LogP contribution >= 0.6 is 0 Å². The van der Waals surface area contributed by atoms with Crippen LogP contribution in [-0.2, 0) is 14.3 Å². The van der Waals surface area contributed by atoms with Crippen LogP contribution in [0.4, 0.5) is 0 Å². The molecule has 33 heavy (non-hydrogen) atoms. The van der Waals surface area contributed by atoms with Crippen molar-refractivity contribution in [1.29, 1.82) is 0 Å². The van der Waals surface area contributed by atoms with E-state index < -0.39 is 11.9 Å². The highest BCUT2D eigenvalue weighted by molar-refractivity contribution is 5.95. The van der Waals surface area contributed by atoms with Gasteiger partial charge in [0.15, 0.2) is 5.76 Å². The fraction of sp³-hybridized carbons (Fsp3) is 0.480. The number of rotatable bonds is 10. The molecule has 0 aliphatic heterocycles. The van der Waals surface area contributed by atoms with E-state index in [1.165, 1.54) is 23.7 Å². The van der Waals surface area contributed by atoms with E-state index in [0.717, 1.165) is 36.8 Å². The number of methoxy groups -OCH3 is 1. The zero-order valence-corrected chi connectivity index (χ0v) is 19.3. The molecule has 1 aromatic heterocycles. The van der Waals surface area contributed by atoms with E-state index in [0.29, 0.717) is 0 Å². The van der Waals surface area contributed by atoms with Crippen molar-refractivity contribution < 1.29 is 23.5 Å². The topological polar surface area (TPSA) is 101 Å². The number of ether oxygens (including phenoxy) is 1. The van der Waals surface area contributed by atoms with Crippen LogP contribution in [0.2, 0.25) is 0 Å². The summed E-state index contributed by atoms with van der Waals surface area (Å²) in [6.45, 7) is 2.14. The van der Waals surface area contributed by atoms with E-state index in [1.807, 2.05) is 31.2 Å². The predicted molar refractivity (Wildman–Crippen MR) is 124 cm³/mol. The monoisotopic (exact) mass is 455 g/mol. The van der Waals surface area contributed by atoms with Gasteiger partial charge in [0.1, 0.15) is 6.04 Å². The van der Waals surface area contributed by atoms with Gasteiger partial charge in [-0.05, 0) is 43.0 Å². The zero-order chi connectivity index (χ0) is 23.6. The number of carbonyl (C=O) groups is 3. The van der Waals surface area contributed by atoms with E-state index in [9.17, 15) is 14.4 Å². The van der Waals surface area contributed by atoms with Crippen molar-refractivity contribution in [2.75, 3.05) is 26.8 Å². The lowest BCUT2D eigenvalue weighted by molar-refractivity contribution is -0.141. The first-order valence-corrected chi connectivity index (χ1v) is 11.5. The molecular formula is C25H33N3O5. The summed E-state index contributed by atoms with van der Waals surface area (Å²) in [5.74, 6) is -0.951. The number of amides is 3. The molecule has 8 heteroatoms. The van der Waals surface area contributed by atoms with Gasteiger partial charge in [-0.1, -0.05) is 43.5 Å². The Morgan fingerprint density at radius 2 is 1.88 bits per heavy atom. The highest BCUT2D eigenvalue weighted by Gasteiger charge is 2.33. The fourth-order valence-corrected chi connectivity index (χ4v) is 4.21. The summed E-state index contributed by atoms with van der Waals surface area (Å²) >= 11 is 0. The minimum atomic E-state index is -0.823. The molecule has 0 spiro atoms. The van der Waals surface area contributed by atoms with Gasteiger partial charge in [0, 0.05) is 19.7 Å². The molecule has 8 nitrogen and oxygen atoms in total. The van der Waals surface area contributed by atoms with Gasteiger partial charge in [-0.3, -0.25) is 14.4 Å². The molecule has 0 radical (unpaired) electrons. The van der Waals surface area contributed by atoms with Crippen molar-refractivity contribution >= 4 is 17.7 Å². The third-order valence-corrected chi connectivity index (χ3v) is 6.00. The van der Waals surface area contributed by atoms with Crippen molar-refractivity contribution in [3.05, 3.63) is 59.5 Å². The van der Waals surface area contributed by atoms with Gasteiger partial charge in [0.05, 0.1) is 19.4 Å². The minimum Gasteiger partial charge on any atom is -0.459 e. The number of benzene rings is 1. The molecule has 178 valence electrons. The van der Waals surface area contributed by atoms with E-state index in [1.54, 1.807) is 13.2 Å². The van der Waals surface area contributed by atoms with E-state index in [2.05, 4.69) is 10.6 Å². The predicted octanol–water partition coefficient (Wildman–Crippen LogP) is 2.98. The van der Waals surface area contributed by atoms with Crippen molar-refractivity contribution in [3.8, 4) is 0 Å². The maximum absolute atomic E-state index is 13.5. The second kappa shape index (κ2) is 12.2. The molecule has 2 N–H and O–H groups in total. The third-order valence-electron chi connectivity index (χ3n) is 6.00. The summed E-state index contributed by atoms with van der Waals surface area (Å²) in [7, 11) is 1.55. The van der Waals surface area contributed by atoms with Gasteiger partial charge in [0.2, 0.25) is 11.8 Å². The fourth-order valence-electron chi connectivity index (χ4n) is 4.21. The van der Waals surface area contributed by atoms with Crippen LogP contribution in [0, 0.1) is 6.92 Å². The standard InChI is InChI=1S/C25H33N3O5/c1-18-9-6-7-12-20(18)23(25(31)27-19-10-4-3-5-11-19)28(14-16-32-2)22(29)17-26-24(30)21-13-8-15-33-21/h6-9,12-13,15,19,23H,3-5,10-11,14,16-17H2,1-2H3,(H,26,30)(H,27,31)/t23-/m0/s1. The molecule has 1 heterocycles.